The zero-order valence-electron chi connectivity index (χ0n) is 17.9. The summed E-state index contributed by atoms with van der Waals surface area (Å²) in [5, 5.41) is 21.7. The van der Waals surface area contributed by atoms with Crippen molar-refractivity contribution in [1.29, 1.82) is 5.41 Å². The van der Waals surface area contributed by atoms with E-state index < -0.39 is 6.10 Å². The number of aryl methyl sites for hydroxylation is 1. The van der Waals surface area contributed by atoms with Crippen LogP contribution < -0.4 is 10.5 Å². The quantitative estimate of drug-likeness (QED) is 0.307. The smallest absolute Gasteiger partial charge is 0.249 e. The molecular weight excluding hydrogens is 382 g/mol. The number of hydrogen-bond donors (Lipinski definition) is 3. The summed E-state index contributed by atoms with van der Waals surface area (Å²) in [5.41, 5.74) is 7.47. The Hall–Kier alpha value is -2.61. The first-order valence-electron chi connectivity index (χ1n) is 10.9. The van der Waals surface area contributed by atoms with Crippen molar-refractivity contribution < 1.29 is 14.4 Å². The van der Waals surface area contributed by atoms with E-state index in [0.29, 0.717) is 24.7 Å². The van der Waals surface area contributed by atoms with Crippen molar-refractivity contribution in [2.75, 3.05) is 13.2 Å². The molecule has 8 nitrogen and oxygen atoms in total. The molecule has 2 heterocycles. The third-order valence-electron chi connectivity index (χ3n) is 5.50. The van der Waals surface area contributed by atoms with E-state index in [2.05, 4.69) is 17.1 Å². The van der Waals surface area contributed by atoms with E-state index in [-0.39, 0.29) is 12.0 Å². The minimum Gasteiger partial charge on any atom is -0.493 e. The number of unbranched alkanes of at least 4 members (excludes halogenated alkanes) is 5. The first kappa shape index (κ1) is 22.1. The molecule has 8 heteroatoms. The number of guanidine groups is 1. The van der Waals surface area contributed by atoms with Crippen molar-refractivity contribution in [2.24, 2.45) is 5.73 Å². The number of aliphatic hydroxyl groups excluding tert-OH is 1. The highest BCUT2D eigenvalue weighted by Crippen LogP contribution is 2.32. The third-order valence-corrected chi connectivity index (χ3v) is 5.50. The molecule has 30 heavy (non-hydrogen) atoms. The van der Waals surface area contributed by atoms with Crippen LogP contribution in [0.5, 0.6) is 5.75 Å². The normalized spacial score (nSPS) is 18.7. The van der Waals surface area contributed by atoms with Gasteiger partial charge in [0.05, 0.1) is 12.7 Å². The molecule has 1 aromatic heterocycles. The van der Waals surface area contributed by atoms with Crippen LogP contribution in [0.2, 0.25) is 0 Å². The van der Waals surface area contributed by atoms with Gasteiger partial charge in [0.15, 0.2) is 5.96 Å². The predicted octanol–water partition coefficient (Wildman–Crippen LogP) is 3.79. The highest BCUT2D eigenvalue weighted by atomic mass is 16.5. The van der Waals surface area contributed by atoms with Crippen LogP contribution in [-0.2, 0) is 0 Å². The van der Waals surface area contributed by atoms with Crippen LogP contribution in [0, 0.1) is 12.3 Å². The Labute approximate surface area is 177 Å². The zero-order valence-corrected chi connectivity index (χ0v) is 17.9. The van der Waals surface area contributed by atoms with Crippen molar-refractivity contribution in [1.82, 2.24) is 15.0 Å². The fourth-order valence-corrected chi connectivity index (χ4v) is 3.82. The fourth-order valence-electron chi connectivity index (χ4n) is 3.82. The maximum atomic E-state index is 9.92. The second-order valence-corrected chi connectivity index (χ2v) is 8.00. The number of ether oxygens (including phenoxy) is 1. The molecule has 4 N–H and O–H groups in total. The van der Waals surface area contributed by atoms with Crippen LogP contribution in [0.15, 0.2) is 22.7 Å². The predicted molar refractivity (Wildman–Crippen MR) is 115 cm³/mol. The van der Waals surface area contributed by atoms with Crippen molar-refractivity contribution >= 4 is 5.96 Å². The van der Waals surface area contributed by atoms with Crippen LogP contribution in [0.3, 0.4) is 0 Å². The molecule has 1 aliphatic rings. The molecule has 1 aliphatic heterocycles. The maximum absolute atomic E-state index is 9.92. The Morgan fingerprint density at radius 2 is 2.07 bits per heavy atom. The molecule has 0 amide bonds. The summed E-state index contributed by atoms with van der Waals surface area (Å²) in [7, 11) is 0. The number of aliphatic hydroxyl groups is 1. The van der Waals surface area contributed by atoms with Gasteiger partial charge in [0.1, 0.15) is 11.8 Å². The topological polar surface area (TPSA) is 121 Å². The summed E-state index contributed by atoms with van der Waals surface area (Å²) in [6, 6.07) is 5.47. The number of aromatic nitrogens is 2. The molecule has 3 rings (SSSR count). The molecule has 0 radical (unpaired) electrons. The minimum absolute atomic E-state index is 0.112. The van der Waals surface area contributed by atoms with Gasteiger partial charge in [0.2, 0.25) is 11.7 Å². The lowest BCUT2D eigenvalue weighted by atomic mass is 10.1. The van der Waals surface area contributed by atoms with Crippen LogP contribution in [-0.4, -0.2) is 45.4 Å². The highest BCUT2D eigenvalue weighted by molar-refractivity contribution is 5.75. The van der Waals surface area contributed by atoms with E-state index in [1.807, 2.05) is 25.1 Å². The molecule has 0 aliphatic carbocycles. The number of likely N-dealkylation sites (tertiary alicyclic amines) is 1. The van der Waals surface area contributed by atoms with Crippen LogP contribution in [0.1, 0.15) is 69.4 Å². The molecule has 1 fully saturated rings. The molecule has 0 bridgehead atoms. The average Bonchev–Trinajstić information content (AvgIpc) is 3.35. The number of nitrogens with zero attached hydrogens (tertiary/aromatic N) is 3. The second-order valence-electron chi connectivity index (χ2n) is 8.00. The molecular formula is C22H33N5O3. The lowest BCUT2D eigenvalue weighted by Crippen LogP contribution is -2.36. The highest BCUT2D eigenvalue weighted by Gasteiger charge is 2.36. The minimum atomic E-state index is -0.570. The summed E-state index contributed by atoms with van der Waals surface area (Å²) in [6.45, 7) is 5.25. The number of benzene rings is 1. The SMILES string of the molecule is CCCCCCCCOc1ccc(-c2noc([C@@H]3C[C@@H](O)CN3C(=N)N)n2)cc1C. The van der Waals surface area contributed by atoms with Crippen molar-refractivity contribution in [3.05, 3.63) is 29.7 Å². The molecule has 0 saturated carbocycles. The van der Waals surface area contributed by atoms with Gasteiger partial charge >= 0.3 is 0 Å². The van der Waals surface area contributed by atoms with E-state index in [4.69, 9.17) is 20.4 Å². The number of nitrogens with one attached hydrogen (secondary N) is 1. The Balaban J connectivity index is 1.58. The summed E-state index contributed by atoms with van der Waals surface area (Å²) in [6.07, 6.45) is 7.27. The monoisotopic (exact) mass is 415 g/mol. The van der Waals surface area contributed by atoms with Crippen LogP contribution in [0.25, 0.3) is 11.4 Å². The largest absolute Gasteiger partial charge is 0.493 e. The van der Waals surface area contributed by atoms with Gasteiger partial charge in [0.25, 0.3) is 0 Å². The standard InChI is InChI=1S/C22H33N5O3/c1-3-4-5-6-7-8-11-29-19-10-9-16(12-15(19)2)20-25-21(30-26-20)18-13-17(28)14-27(18)22(23)24/h9-10,12,17-18,28H,3-8,11,13-14H2,1-2H3,(H3,23,24)/t17-,18+/m1/s1. The lowest BCUT2D eigenvalue weighted by molar-refractivity contribution is 0.187. The van der Waals surface area contributed by atoms with E-state index in [1.165, 1.54) is 32.1 Å². The number of nitrogens with two attached hydrogens (primary N) is 1. The van der Waals surface area contributed by atoms with E-state index >= 15 is 0 Å². The van der Waals surface area contributed by atoms with Gasteiger partial charge < -0.3 is 25.0 Å². The zero-order chi connectivity index (χ0) is 21.5. The average molecular weight is 416 g/mol. The summed E-state index contributed by atoms with van der Waals surface area (Å²) >= 11 is 0. The first-order chi connectivity index (χ1) is 14.5. The van der Waals surface area contributed by atoms with Crippen molar-refractivity contribution in [2.45, 2.75) is 70.9 Å². The van der Waals surface area contributed by atoms with Gasteiger partial charge in [-0.15, -0.1) is 0 Å². The van der Waals surface area contributed by atoms with Gasteiger partial charge in [-0.1, -0.05) is 44.2 Å². The maximum Gasteiger partial charge on any atom is 0.249 e. The van der Waals surface area contributed by atoms with Crippen LogP contribution >= 0.6 is 0 Å². The van der Waals surface area contributed by atoms with Crippen LogP contribution in [0.4, 0.5) is 0 Å². The summed E-state index contributed by atoms with van der Waals surface area (Å²) in [4.78, 5) is 6.06. The van der Waals surface area contributed by atoms with Gasteiger partial charge in [-0.2, -0.15) is 4.98 Å². The number of hydrogen-bond acceptors (Lipinski definition) is 6. The molecule has 1 aromatic carbocycles. The van der Waals surface area contributed by atoms with Gasteiger partial charge in [-0.25, -0.2) is 0 Å². The van der Waals surface area contributed by atoms with E-state index in [0.717, 1.165) is 29.9 Å². The van der Waals surface area contributed by atoms with E-state index in [9.17, 15) is 5.11 Å². The Morgan fingerprint density at radius 3 is 2.80 bits per heavy atom. The van der Waals surface area contributed by atoms with Gasteiger partial charge in [0, 0.05) is 18.5 Å². The third kappa shape index (κ3) is 5.50. The number of rotatable bonds is 10. The summed E-state index contributed by atoms with van der Waals surface area (Å²) < 4.78 is 11.4. The second kappa shape index (κ2) is 10.4. The van der Waals surface area contributed by atoms with Crippen molar-refractivity contribution in [3.63, 3.8) is 0 Å². The molecule has 0 unspecified atom stereocenters. The molecule has 1 saturated heterocycles. The lowest BCUT2D eigenvalue weighted by Gasteiger charge is -2.20. The van der Waals surface area contributed by atoms with E-state index in [1.54, 1.807) is 4.90 Å². The Morgan fingerprint density at radius 1 is 1.30 bits per heavy atom. The van der Waals surface area contributed by atoms with Gasteiger partial charge in [-0.05, 0) is 37.1 Å². The summed E-state index contributed by atoms with van der Waals surface area (Å²) in [5.74, 6) is 1.59. The Bertz CT molecular complexity index is 838. The van der Waals surface area contributed by atoms with Gasteiger partial charge in [-0.3, -0.25) is 5.41 Å². The molecule has 2 atom stereocenters. The fraction of sp³-hybridized carbons (Fsp3) is 0.591. The molecule has 164 valence electrons. The molecule has 0 spiro atoms. The number of β-amino-alcohol motifs (C(OH)–C–C–N with tert-alkyl or cyclic N) is 1. The molecule has 2 aromatic rings. The van der Waals surface area contributed by atoms with Crippen molar-refractivity contribution in [3.8, 4) is 17.1 Å². The Kier molecular flexibility index (Phi) is 7.68. The first-order valence-corrected chi connectivity index (χ1v) is 10.9.